The number of halogens is 3. The quantitative estimate of drug-likeness (QED) is 0.626. The molecule has 0 radical (unpaired) electrons. The summed E-state index contributed by atoms with van der Waals surface area (Å²) in [5.74, 6) is -0.408. The van der Waals surface area contributed by atoms with Crippen LogP contribution in [-0.4, -0.2) is 10.9 Å². The lowest BCUT2D eigenvalue weighted by molar-refractivity contribution is -0.137. The second kappa shape index (κ2) is 4.99. The van der Waals surface area contributed by atoms with E-state index in [0.29, 0.717) is 11.1 Å². The number of fused-ring (bicyclic) bond motifs is 2. The maximum Gasteiger partial charge on any atom is 0.416 e. The molecular weight excluding hydrogens is 317 g/mol. The molecule has 2 N–H and O–H groups in total. The number of alkyl halides is 3. The van der Waals surface area contributed by atoms with Gasteiger partial charge in [-0.15, -0.1) is 0 Å². The molecule has 0 unspecified atom stereocenters. The summed E-state index contributed by atoms with van der Waals surface area (Å²) in [6, 6.07) is 10.9. The number of anilines is 1. The molecule has 0 saturated carbocycles. The molecule has 0 bridgehead atoms. The average Bonchev–Trinajstić information content (AvgIpc) is 3.08. The Morgan fingerprint density at radius 1 is 1.04 bits per heavy atom. The summed E-state index contributed by atoms with van der Waals surface area (Å²) in [5, 5.41) is 3.45. The van der Waals surface area contributed by atoms with Crippen LogP contribution in [0.15, 0.2) is 48.7 Å². The first-order valence-electron chi connectivity index (χ1n) is 7.24. The van der Waals surface area contributed by atoms with E-state index in [1.807, 2.05) is 24.3 Å². The minimum Gasteiger partial charge on any atom is -0.361 e. The highest BCUT2D eigenvalue weighted by Crippen LogP contribution is 2.38. The fourth-order valence-electron chi connectivity index (χ4n) is 2.88. The Balaban J connectivity index is 1.82. The number of carbonyl (C=O) groups excluding carboxylic acids is 1. The van der Waals surface area contributed by atoms with Crippen LogP contribution in [0.1, 0.15) is 16.7 Å². The first kappa shape index (κ1) is 14.6. The summed E-state index contributed by atoms with van der Waals surface area (Å²) in [6.07, 6.45) is -0.983. The molecule has 0 fully saturated rings. The number of nitrogens with one attached hydrogen (secondary N) is 2. The molecule has 1 amide bonds. The van der Waals surface area contributed by atoms with Crippen LogP contribution < -0.4 is 5.32 Å². The van der Waals surface area contributed by atoms with Crippen LogP contribution in [0.5, 0.6) is 0 Å². The van der Waals surface area contributed by atoms with Gasteiger partial charge in [0.1, 0.15) is 0 Å². The van der Waals surface area contributed by atoms with Crippen molar-refractivity contribution in [2.45, 2.75) is 6.18 Å². The van der Waals surface area contributed by atoms with Crippen LogP contribution in [0, 0.1) is 0 Å². The highest BCUT2D eigenvalue weighted by molar-refractivity contribution is 6.35. The van der Waals surface area contributed by atoms with Gasteiger partial charge in [0, 0.05) is 39.5 Å². The SMILES string of the molecule is O=C1Nc2cc(C(F)(F)F)ccc2/C1=C/c1c[nH]c2ccccc12. The minimum atomic E-state index is -4.44. The minimum absolute atomic E-state index is 0.181. The van der Waals surface area contributed by atoms with Crippen molar-refractivity contribution < 1.29 is 18.0 Å². The number of aromatic nitrogens is 1. The number of hydrogen-bond donors (Lipinski definition) is 2. The van der Waals surface area contributed by atoms with Crippen LogP contribution in [-0.2, 0) is 11.0 Å². The molecule has 6 heteroatoms. The molecule has 0 aliphatic carbocycles. The summed E-state index contributed by atoms with van der Waals surface area (Å²) in [5.41, 5.74) is 1.96. The largest absolute Gasteiger partial charge is 0.416 e. The van der Waals surface area contributed by atoms with Gasteiger partial charge in [0.2, 0.25) is 0 Å². The van der Waals surface area contributed by atoms with Gasteiger partial charge in [-0.3, -0.25) is 4.79 Å². The van der Waals surface area contributed by atoms with E-state index in [1.54, 1.807) is 12.3 Å². The van der Waals surface area contributed by atoms with Gasteiger partial charge < -0.3 is 10.3 Å². The lowest BCUT2D eigenvalue weighted by atomic mass is 10.0. The van der Waals surface area contributed by atoms with Crippen LogP contribution in [0.3, 0.4) is 0 Å². The Bertz CT molecular complexity index is 999. The normalized spacial score (nSPS) is 15.8. The van der Waals surface area contributed by atoms with E-state index >= 15 is 0 Å². The lowest BCUT2D eigenvalue weighted by Crippen LogP contribution is -2.06. The van der Waals surface area contributed by atoms with E-state index < -0.39 is 17.6 Å². The number of rotatable bonds is 1. The van der Waals surface area contributed by atoms with E-state index in [4.69, 9.17) is 0 Å². The molecule has 1 aromatic heterocycles. The monoisotopic (exact) mass is 328 g/mol. The number of amides is 1. The summed E-state index contributed by atoms with van der Waals surface area (Å²) in [6.45, 7) is 0. The van der Waals surface area contributed by atoms with E-state index in [-0.39, 0.29) is 5.69 Å². The zero-order valence-corrected chi connectivity index (χ0v) is 12.2. The second-order valence-corrected chi connectivity index (χ2v) is 5.56. The van der Waals surface area contributed by atoms with Crippen molar-refractivity contribution in [1.82, 2.24) is 4.98 Å². The van der Waals surface area contributed by atoms with E-state index in [1.165, 1.54) is 6.07 Å². The van der Waals surface area contributed by atoms with E-state index in [0.717, 1.165) is 28.6 Å². The first-order valence-corrected chi connectivity index (χ1v) is 7.24. The summed E-state index contributed by atoms with van der Waals surface area (Å²) >= 11 is 0. The van der Waals surface area contributed by atoms with Crippen LogP contribution in [0.25, 0.3) is 22.6 Å². The van der Waals surface area contributed by atoms with Crippen molar-refractivity contribution >= 4 is 34.1 Å². The molecule has 120 valence electrons. The Morgan fingerprint density at radius 3 is 2.62 bits per heavy atom. The van der Waals surface area contributed by atoms with E-state index in [2.05, 4.69) is 10.3 Å². The lowest BCUT2D eigenvalue weighted by Gasteiger charge is -2.08. The Labute approximate surface area is 134 Å². The molecule has 3 aromatic rings. The molecule has 1 aliphatic rings. The molecule has 2 aromatic carbocycles. The molecule has 1 aliphatic heterocycles. The highest BCUT2D eigenvalue weighted by atomic mass is 19.4. The molecule has 0 spiro atoms. The Morgan fingerprint density at radius 2 is 1.83 bits per heavy atom. The number of carbonyl (C=O) groups is 1. The molecule has 4 rings (SSSR count). The number of benzene rings is 2. The van der Waals surface area contributed by atoms with Crippen molar-refractivity contribution in [1.29, 1.82) is 0 Å². The maximum absolute atomic E-state index is 12.8. The van der Waals surface area contributed by atoms with Gasteiger partial charge >= 0.3 is 6.18 Å². The van der Waals surface area contributed by atoms with Crippen LogP contribution >= 0.6 is 0 Å². The number of H-pyrrole nitrogens is 1. The maximum atomic E-state index is 12.8. The fraction of sp³-hybridized carbons (Fsp3) is 0.0556. The zero-order chi connectivity index (χ0) is 16.9. The zero-order valence-electron chi connectivity index (χ0n) is 12.2. The van der Waals surface area contributed by atoms with Crippen LogP contribution in [0.2, 0.25) is 0 Å². The van der Waals surface area contributed by atoms with E-state index in [9.17, 15) is 18.0 Å². The van der Waals surface area contributed by atoms with Gasteiger partial charge in [-0.25, -0.2) is 0 Å². The third-order valence-electron chi connectivity index (χ3n) is 4.05. The van der Waals surface area contributed by atoms with Gasteiger partial charge in [-0.05, 0) is 24.3 Å². The molecular formula is C18H11F3N2O. The number of hydrogen-bond acceptors (Lipinski definition) is 1. The molecule has 0 atom stereocenters. The molecule has 24 heavy (non-hydrogen) atoms. The third kappa shape index (κ3) is 2.27. The van der Waals surface area contributed by atoms with Crippen molar-refractivity contribution in [3.05, 3.63) is 65.4 Å². The van der Waals surface area contributed by atoms with Gasteiger partial charge in [0.15, 0.2) is 0 Å². The smallest absolute Gasteiger partial charge is 0.361 e. The Kier molecular flexibility index (Phi) is 3.03. The Hall–Kier alpha value is -3.02. The van der Waals surface area contributed by atoms with Crippen LogP contribution in [0.4, 0.5) is 18.9 Å². The van der Waals surface area contributed by atoms with Crippen molar-refractivity contribution in [3.63, 3.8) is 0 Å². The molecule has 0 saturated heterocycles. The topological polar surface area (TPSA) is 44.9 Å². The predicted octanol–water partition coefficient (Wildman–Crippen LogP) is 4.68. The van der Waals surface area contributed by atoms with Crippen molar-refractivity contribution in [3.8, 4) is 0 Å². The number of aromatic amines is 1. The summed E-state index contributed by atoms with van der Waals surface area (Å²) in [7, 11) is 0. The first-order chi connectivity index (χ1) is 11.4. The highest BCUT2D eigenvalue weighted by Gasteiger charge is 2.33. The fourth-order valence-corrected chi connectivity index (χ4v) is 2.88. The summed E-state index contributed by atoms with van der Waals surface area (Å²) in [4.78, 5) is 15.3. The predicted molar refractivity (Wildman–Crippen MR) is 86.2 cm³/mol. The number of para-hydroxylation sites is 1. The third-order valence-corrected chi connectivity index (χ3v) is 4.05. The standard InChI is InChI=1S/C18H11F3N2O/c19-18(20,21)11-5-6-13-14(17(24)23-16(13)8-11)7-10-9-22-15-4-2-1-3-12(10)15/h1-9,22H,(H,23,24)/b14-7-. The van der Waals surface area contributed by atoms with Crippen molar-refractivity contribution in [2.24, 2.45) is 0 Å². The summed E-state index contributed by atoms with van der Waals surface area (Å²) < 4.78 is 38.4. The molecule has 3 nitrogen and oxygen atoms in total. The van der Waals surface area contributed by atoms with Gasteiger partial charge in [0.25, 0.3) is 5.91 Å². The second-order valence-electron chi connectivity index (χ2n) is 5.56. The van der Waals surface area contributed by atoms with Gasteiger partial charge in [0.05, 0.1) is 5.56 Å². The molecule has 2 heterocycles. The van der Waals surface area contributed by atoms with Gasteiger partial charge in [-0.1, -0.05) is 24.3 Å². The average molecular weight is 328 g/mol. The van der Waals surface area contributed by atoms with Crippen molar-refractivity contribution in [2.75, 3.05) is 5.32 Å². The van der Waals surface area contributed by atoms with Gasteiger partial charge in [-0.2, -0.15) is 13.2 Å².